The summed E-state index contributed by atoms with van der Waals surface area (Å²) in [5.41, 5.74) is 2.55. The predicted molar refractivity (Wildman–Crippen MR) is 74.4 cm³/mol. The molecule has 0 aliphatic carbocycles. The summed E-state index contributed by atoms with van der Waals surface area (Å²) in [6.07, 6.45) is 0.761. The largest absolute Gasteiger partial charge is 0.383 e. The molecule has 0 spiro atoms. The average Bonchev–Trinajstić information content (AvgIpc) is 2.77. The number of nitrogens with zero attached hydrogens (tertiary/aromatic N) is 2. The zero-order valence-electron chi connectivity index (χ0n) is 11.0. The predicted octanol–water partition coefficient (Wildman–Crippen LogP) is 2.57. The molecule has 0 radical (unpaired) electrons. The van der Waals surface area contributed by atoms with E-state index in [1.54, 1.807) is 18.0 Å². The van der Waals surface area contributed by atoms with Crippen LogP contribution in [-0.4, -0.2) is 28.6 Å². The maximum absolute atomic E-state index is 10.4. The average molecular weight is 281 g/mol. The van der Waals surface area contributed by atoms with E-state index in [-0.39, 0.29) is 0 Å². The number of aromatic nitrogens is 2. The van der Waals surface area contributed by atoms with Crippen LogP contribution in [0.25, 0.3) is 0 Å². The van der Waals surface area contributed by atoms with Gasteiger partial charge in [-0.2, -0.15) is 5.10 Å². The van der Waals surface area contributed by atoms with E-state index in [0.29, 0.717) is 23.9 Å². The topological polar surface area (TPSA) is 47.3 Å². The Morgan fingerprint density at radius 3 is 2.68 bits per heavy atom. The Labute approximate surface area is 117 Å². The van der Waals surface area contributed by atoms with E-state index in [0.717, 1.165) is 11.1 Å². The molecular weight excluding hydrogens is 264 g/mol. The minimum atomic E-state index is -0.785. The van der Waals surface area contributed by atoms with Gasteiger partial charge >= 0.3 is 0 Å². The normalized spacial score (nSPS) is 12.6. The lowest BCUT2D eigenvalue weighted by atomic mass is 10.0. The lowest BCUT2D eigenvalue weighted by Crippen LogP contribution is -2.13. The van der Waals surface area contributed by atoms with Crippen molar-refractivity contribution in [3.63, 3.8) is 0 Å². The molecule has 1 unspecified atom stereocenters. The first-order valence-electron chi connectivity index (χ1n) is 6.08. The van der Waals surface area contributed by atoms with Crippen molar-refractivity contribution in [2.24, 2.45) is 0 Å². The van der Waals surface area contributed by atoms with Crippen molar-refractivity contribution in [1.29, 1.82) is 0 Å². The summed E-state index contributed by atoms with van der Waals surface area (Å²) >= 11 is 6.12. The summed E-state index contributed by atoms with van der Waals surface area (Å²) in [7, 11) is 1.63. The van der Waals surface area contributed by atoms with Gasteiger partial charge in [0, 0.05) is 7.11 Å². The van der Waals surface area contributed by atoms with Crippen LogP contribution in [0, 0.1) is 6.92 Å². The van der Waals surface area contributed by atoms with Crippen LogP contribution in [0.5, 0.6) is 0 Å². The number of rotatable bonds is 5. The second-order valence-electron chi connectivity index (χ2n) is 4.41. The van der Waals surface area contributed by atoms with Crippen LogP contribution in [0.2, 0.25) is 5.02 Å². The van der Waals surface area contributed by atoms with Gasteiger partial charge in [-0.1, -0.05) is 41.4 Å². The number of ether oxygens (including phenoxy) is 1. The molecule has 0 fully saturated rings. The van der Waals surface area contributed by atoms with Crippen LogP contribution in [0.1, 0.15) is 22.9 Å². The summed E-state index contributed by atoms with van der Waals surface area (Å²) in [6, 6.07) is 7.71. The molecule has 0 saturated heterocycles. The highest BCUT2D eigenvalue weighted by molar-refractivity contribution is 6.31. The molecule has 2 rings (SSSR count). The monoisotopic (exact) mass is 280 g/mol. The van der Waals surface area contributed by atoms with Gasteiger partial charge in [-0.15, -0.1) is 0 Å². The third kappa shape index (κ3) is 3.15. The molecule has 0 aliphatic rings. The van der Waals surface area contributed by atoms with E-state index in [1.807, 2.05) is 31.2 Å². The fraction of sp³-hybridized carbons (Fsp3) is 0.357. The Balaban J connectivity index is 2.29. The number of aryl methyl sites for hydroxylation is 1. The van der Waals surface area contributed by atoms with E-state index in [1.165, 1.54) is 0 Å². The Morgan fingerprint density at radius 1 is 1.37 bits per heavy atom. The molecule has 5 heteroatoms. The first kappa shape index (κ1) is 14.1. The molecule has 1 heterocycles. The van der Waals surface area contributed by atoms with Gasteiger partial charge in [0.2, 0.25) is 0 Å². The molecule has 2 aromatic rings. The zero-order valence-corrected chi connectivity index (χ0v) is 11.8. The summed E-state index contributed by atoms with van der Waals surface area (Å²) in [5.74, 6) is 0. The quantitative estimate of drug-likeness (QED) is 0.916. The number of hydrogen-bond acceptors (Lipinski definition) is 3. The highest BCUT2D eigenvalue weighted by atomic mass is 35.5. The van der Waals surface area contributed by atoms with Crippen LogP contribution < -0.4 is 0 Å². The van der Waals surface area contributed by atoms with Crippen molar-refractivity contribution in [2.45, 2.75) is 19.6 Å². The Morgan fingerprint density at radius 2 is 2.05 bits per heavy atom. The van der Waals surface area contributed by atoms with Crippen molar-refractivity contribution >= 4 is 11.6 Å². The number of aliphatic hydroxyl groups is 1. The first-order chi connectivity index (χ1) is 9.13. The molecule has 102 valence electrons. The molecule has 0 saturated carbocycles. The molecule has 1 N–H and O–H groups in total. The molecule has 1 aromatic heterocycles. The fourth-order valence-electron chi connectivity index (χ4n) is 1.91. The number of benzene rings is 1. The number of methoxy groups -OCH3 is 1. The van der Waals surface area contributed by atoms with Crippen LogP contribution in [-0.2, 0) is 11.3 Å². The highest BCUT2D eigenvalue weighted by Crippen LogP contribution is 2.28. The van der Waals surface area contributed by atoms with E-state index in [4.69, 9.17) is 16.3 Å². The lowest BCUT2D eigenvalue weighted by Gasteiger charge is -2.14. The SMILES string of the molecule is COCCn1ncc(Cl)c1C(O)c1ccc(C)cc1. The minimum Gasteiger partial charge on any atom is -0.383 e. The standard InChI is InChI=1S/C14H17ClN2O2/c1-10-3-5-11(6-4-10)14(18)13-12(15)9-16-17(13)7-8-19-2/h3-6,9,14,18H,7-8H2,1-2H3. The number of aliphatic hydroxyl groups excluding tert-OH is 1. The second kappa shape index (κ2) is 6.19. The summed E-state index contributed by atoms with van der Waals surface area (Å²) in [6.45, 7) is 3.08. The molecule has 19 heavy (non-hydrogen) atoms. The van der Waals surface area contributed by atoms with Crippen molar-refractivity contribution in [2.75, 3.05) is 13.7 Å². The summed E-state index contributed by atoms with van der Waals surface area (Å²) < 4.78 is 6.70. The summed E-state index contributed by atoms with van der Waals surface area (Å²) in [5, 5.41) is 15.1. The minimum absolute atomic E-state index is 0.462. The van der Waals surface area contributed by atoms with Crippen molar-refractivity contribution in [3.8, 4) is 0 Å². The van der Waals surface area contributed by atoms with Crippen molar-refractivity contribution < 1.29 is 9.84 Å². The molecular formula is C14H17ClN2O2. The molecule has 1 atom stereocenters. The Hall–Kier alpha value is -1.36. The maximum atomic E-state index is 10.4. The van der Waals surface area contributed by atoms with E-state index >= 15 is 0 Å². The van der Waals surface area contributed by atoms with Gasteiger partial charge in [0.15, 0.2) is 0 Å². The van der Waals surface area contributed by atoms with Gasteiger partial charge in [0.05, 0.1) is 30.1 Å². The zero-order chi connectivity index (χ0) is 13.8. The summed E-state index contributed by atoms with van der Waals surface area (Å²) in [4.78, 5) is 0. The van der Waals surface area contributed by atoms with Crippen LogP contribution in [0.3, 0.4) is 0 Å². The molecule has 0 amide bonds. The van der Waals surface area contributed by atoms with E-state index in [9.17, 15) is 5.11 Å². The molecule has 0 aliphatic heterocycles. The highest BCUT2D eigenvalue weighted by Gasteiger charge is 2.19. The van der Waals surface area contributed by atoms with Crippen LogP contribution in [0.15, 0.2) is 30.5 Å². The van der Waals surface area contributed by atoms with Gasteiger partial charge < -0.3 is 9.84 Å². The van der Waals surface area contributed by atoms with Gasteiger partial charge in [-0.05, 0) is 12.5 Å². The smallest absolute Gasteiger partial charge is 0.122 e. The van der Waals surface area contributed by atoms with E-state index in [2.05, 4.69) is 5.10 Å². The lowest BCUT2D eigenvalue weighted by molar-refractivity contribution is 0.171. The van der Waals surface area contributed by atoms with Gasteiger partial charge in [-0.25, -0.2) is 0 Å². The molecule has 4 nitrogen and oxygen atoms in total. The number of hydrogen-bond donors (Lipinski definition) is 1. The van der Waals surface area contributed by atoms with E-state index < -0.39 is 6.10 Å². The molecule has 0 bridgehead atoms. The maximum Gasteiger partial charge on any atom is 0.122 e. The molecule has 1 aromatic carbocycles. The van der Waals surface area contributed by atoms with Crippen LogP contribution >= 0.6 is 11.6 Å². The van der Waals surface area contributed by atoms with Gasteiger partial charge in [-0.3, -0.25) is 4.68 Å². The Bertz CT molecular complexity index is 537. The van der Waals surface area contributed by atoms with Crippen molar-refractivity contribution in [3.05, 3.63) is 52.3 Å². The fourth-order valence-corrected chi connectivity index (χ4v) is 2.15. The first-order valence-corrected chi connectivity index (χ1v) is 6.46. The third-order valence-corrected chi connectivity index (χ3v) is 3.28. The van der Waals surface area contributed by atoms with Crippen molar-refractivity contribution in [1.82, 2.24) is 9.78 Å². The Kier molecular flexibility index (Phi) is 4.58. The van der Waals surface area contributed by atoms with Crippen LogP contribution in [0.4, 0.5) is 0 Å². The van der Waals surface area contributed by atoms with Gasteiger partial charge in [0.1, 0.15) is 6.10 Å². The second-order valence-corrected chi connectivity index (χ2v) is 4.81. The third-order valence-electron chi connectivity index (χ3n) is 2.99. The van der Waals surface area contributed by atoms with Gasteiger partial charge in [0.25, 0.3) is 0 Å². The number of halogens is 1.